The second-order valence-electron chi connectivity index (χ2n) is 3.09. The van der Waals surface area contributed by atoms with Gasteiger partial charge in [-0.25, -0.2) is 4.98 Å². The standard InChI is InChI=1S/C9H7N3O3/c1-11-5-7(12(14)15)8-6(9(11)13)3-2-4-10-8/h2-5H,1H3. The first-order valence-electron chi connectivity index (χ1n) is 4.20. The molecule has 0 atom stereocenters. The summed E-state index contributed by atoms with van der Waals surface area (Å²) in [6, 6.07) is 3.10. The first-order valence-corrected chi connectivity index (χ1v) is 4.20. The maximum absolute atomic E-state index is 11.6. The lowest BCUT2D eigenvalue weighted by Crippen LogP contribution is -2.17. The molecule has 0 radical (unpaired) electrons. The van der Waals surface area contributed by atoms with Gasteiger partial charge < -0.3 is 4.57 Å². The molecule has 76 valence electrons. The van der Waals surface area contributed by atoms with Crippen LogP contribution in [0.1, 0.15) is 0 Å². The van der Waals surface area contributed by atoms with Gasteiger partial charge in [-0.2, -0.15) is 0 Å². The second-order valence-corrected chi connectivity index (χ2v) is 3.09. The summed E-state index contributed by atoms with van der Waals surface area (Å²) in [4.78, 5) is 25.6. The van der Waals surface area contributed by atoms with Crippen molar-refractivity contribution in [2.75, 3.05) is 0 Å². The molecule has 0 aromatic carbocycles. The molecule has 15 heavy (non-hydrogen) atoms. The maximum atomic E-state index is 11.6. The van der Waals surface area contributed by atoms with Gasteiger partial charge in [-0.05, 0) is 12.1 Å². The van der Waals surface area contributed by atoms with Crippen molar-refractivity contribution >= 4 is 16.6 Å². The third-order valence-corrected chi connectivity index (χ3v) is 2.11. The molecule has 0 fully saturated rings. The van der Waals surface area contributed by atoms with E-state index in [1.807, 2.05) is 0 Å². The van der Waals surface area contributed by atoms with Crippen molar-refractivity contribution in [3.63, 3.8) is 0 Å². The SMILES string of the molecule is Cn1cc([N+](=O)[O-])c2ncccc2c1=O. The molecule has 0 saturated carbocycles. The summed E-state index contributed by atoms with van der Waals surface area (Å²) in [5.74, 6) is 0. The maximum Gasteiger partial charge on any atom is 0.311 e. The fourth-order valence-electron chi connectivity index (χ4n) is 1.41. The van der Waals surface area contributed by atoms with Crippen molar-refractivity contribution in [1.82, 2.24) is 9.55 Å². The van der Waals surface area contributed by atoms with E-state index in [-0.39, 0.29) is 22.1 Å². The molecule has 0 N–H and O–H groups in total. The van der Waals surface area contributed by atoms with Gasteiger partial charge in [0.15, 0.2) is 5.52 Å². The molecule has 0 aliphatic rings. The zero-order chi connectivity index (χ0) is 11.0. The van der Waals surface area contributed by atoms with Crippen LogP contribution in [0.3, 0.4) is 0 Å². The molecule has 0 aliphatic carbocycles. The fourth-order valence-corrected chi connectivity index (χ4v) is 1.41. The van der Waals surface area contributed by atoms with Gasteiger partial charge in [-0.15, -0.1) is 0 Å². The van der Waals surface area contributed by atoms with Crippen molar-refractivity contribution in [3.8, 4) is 0 Å². The summed E-state index contributed by atoms with van der Waals surface area (Å²) in [7, 11) is 1.47. The predicted octanol–water partition coefficient (Wildman–Crippen LogP) is 0.842. The molecule has 2 aromatic heterocycles. The smallest absolute Gasteiger partial charge is 0.311 e. The molecule has 0 amide bonds. The van der Waals surface area contributed by atoms with Gasteiger partial charge in [0.2, 0.25) is 0 Å². The highest BCUT2D eigenvalue weighted by molar-refractivity contribution is 5.85. The highest BCUT2D eigenvalue weighted by Crippen LogP contribution is 2.19. The second kappa shape index (κ2) is 3.16. The number of rotatable bonds is 1. The van der Waals surface area contributed by atoms with E-state index < -0.39 is 4.92 Å². The van der Waals surface area contributed by atoms with Crippen LogP contribution >= 0.6 is 0 Å². The number of nitro groups is 1. The molecule has 0 unspecified atom stereocenters. The number of aromatic nitrogens is 2. The molecule has 6 heteroatoms. The molecule has 0 saturated heterocycles. The highest BCUT2D eigenvalue weighted by Gasteiger charge is 2.16. The molecular weight excluding hydrogens is 198 g/mol. The lowest BCUT2D eigenvalue weighted by Gasteiger charge is -2.01. The first kappa shape index (κ1) is 9.32. The molecule has 6 nitrogen and oxygen atoms in total. The Hall–Kier alpha value is -2.24. The number of pyridine rings is 2. The third kappa shape index (κ3) is 1.35. The van der Waals surface area contributed by atoms with Gasteiger partial charge in [0.05, 0.1) is 16.5 Å². The quantitative estimate of drug-likeness (QED) is 0.510. The van der Waals surface area contributed by atoms with Crippen LogP contribution in [0, 0.1) is 10.1 Å². The minimum atomic E-state index is -0.547. The Balaban J connectivity index is 3.01. The van der Waals surface area contributed by atoms with E-state index >= 15 is 0 Å². The average molecular weight is 205 g/mol. The summed E-state index contributed by atoms with van der Waals surface area (Å²) in [6.07, 6.45) is 2.60. The largest absolute Gasteiger partial charge is 0.311 e. The molecule has 0 bridgehead atoms. The fraction of sp³-hybridized carbons (Fsp3) is 0.111. The van der Waals surface area contributed by atoms with Crippen LogP contribution in [-0.4, -0.2) is 14.5 Å². The van der Waals surface area contributed by atoms with Crippen molar-refractivity contribution in [1.29, 1.82) is 0 Å². The number of fused-ring (bicyclic) bond motifs is 1. The highest BCUT2D eigenvalue weighted by atomic mass is 16.6. The molecule has 2 heterocycles. The van der Waals surface area contributed by atoms with Gasteiger partial charge in [-0.1, -0.05) is 0 Å². The Morgan fingerprint density at radius 1 is 1.53 bits per heavy atom. The predicted molar refractivity (Wildman–Crippen MR) is 53.6 cm³/mol. The van der Waals surface area contributed by atoms with Gasteiger partial charge in [0.1, 0.15) is 0 Å². The molecular formula is C9H7N3O3. The summed E-state index contributed by atoms with van der Waals surface area (Å²) >= 11 is 0. The normalized spacial score (nSPS) is 10.5. The zero-order valence-electron chi connectivity index (χ0n) is 7.88. The van der Waals surface area contributed by atoms with Crippen LogP contribution in [0.5, 0.6) is 0 Å². The van der Waals surface area contributed by atoms with Crippen molar-refractivity contribution in [2.45, 2.75) is 0 Å². The van der Waals surface area contributed by atoms with Crippen LogP contribution in [0.4, 0.5) is 5.69 Å². The zero-order valence-corrected chi connectivity index (χ0v) is 7.88. The van der Waals surface area contributed by atoms with Gasteiger partial charge in [-0.3, -0.25) is 14.9 Å². The number of hydrogen-bond acceptors (Lipinski definition) is 4. The minimum absolute atomic E-state index is 0.130. The molecule has 0 spiro atoms. The van der Waals surface area contributed by atoms with Crippen molar-refractivity contribution in [3.05, 3.63) is 45.0 Å². The Morgan fingerprint density at radius 3 is 2.93 bits per heavy atom. The monoisotopic (exact) mass is 205 g/mol. The van der Waals surface area contributed by atoms with Gasteiger partial charge in [0.25, 0.3) is 5.56 Å². The lowest BCUT2D eigenvalue weighted by molar-refractivity contribution is -0.383. The first-order chi connectivity index (χ1) is 7.11. The Morgan fingerprint density at radius 2 is 2.27 bits per heavy atom. The number of aryl methyl sites for hydroxylation is 1. The van der Waals surface area contributed by atoms with E-state index in [1.165, 1.54) is 30.1 Å². The van der Waals surface area contributed by atoms with Crippen LogP contribution in [0.25, 0.3) is 10.9 Å². The molecule has 2 rings (SSSR count). The van der Waals surface area contributed by atoms with Gasteiger partial charge in [0, 0.05) is 13.2 Å². The molecule has 2 aromatic rings. The van der Waals surface area contributed by atoms with Crippen LogP contribution in [0.15, 0.2) is 29.3 Å². The number of hydrogen-bond donors (Lipinski definition) is 0. The molecule has 0 aliphatic heterocycles. The van der Waals surface area contributed by atoms with E-state index in [1.54, 1.807) is 6.07 Å². The third-order valence-electron chi connectivity index (χ3n) is 2.11. The summed E-state index contributed by atoms with van der Waals surface area (Å²) in [5, 5.41) is 11.0. The van der Waals surface area contributed by atoms with Crippen molar-refractivity contribution in [2.24, 2.45) is 7.05 Å². The topological polar surface area (TPSA) is 78.0 Å². The minimum Gasteiger partial charge on any atom is -0.311 e. The Labute approximate surface area is 83.9 Å². The van der Waals surface area contributed by atoms with Crippen molar-refractivity contribution < 1.29 is 4.92 Å². The van der Waals surface area contributed by atoms with E-state index in [0.29, 0.717) is 0 Å². The summed E-state index contributed by atoms with van der Waals surface area (Å²) in [5.41, 5.74) is -0.318. The number of nitrogens with zero attached hydrogens (tertiary/aromatic N) is 3. The average Bonchev–Trinajstić information content (AvgIpc) is 2.23. The summed E-state index contributed by atoms with van der Waals surface area (Å²) < 4.78 is 1.18. The Bertz CT molecular complexity index is 603. The van der Waals surface area contributed by atoms with Crippen LogP contribution in [-0.2, 0) is 7.05 Å². The van der Waals surface area contributed by atoms with E-state index in [9.17, 15) is 14.9 Å². The van der Waals surface area contributed by atoms with Crippen LogP contribution < -0.4 is 5.56 Å². The van der Waals surface area contributed by atoms with E-state index in [0.717, 1.165) is 0 Å². The van der Waals surface area contributed by atoms with E-state index in [2.05, 4.69) is 4.98 Å². The van der Waals surface area contributed by atoms with Gasteiger partial charge >= 0.3 is 5.69 Å². The summed E-state index contributed by atoms with van der Waals surface area (Å²) in [6.45, 7) is 0. The Kier molecular flexibility index (Phi) is 1.96. The van der Waals surface area contributed by atoms with Crippen LogP contribution in [0.2, 0.25) is 0 Å². The van der Waals surface area contributed by atoms with E-state index in [4.69, 9.17) is 0 Å². The lowest BCUT2D eigenvalue weighted by atomic mass is 10.2.